The van der Waals surface area contributed by atoms with Gasteiger partial charge in [-0.3, -0.25) is 0 Å². The summed E-state index contributed by atoms with van der Waals surface area (Å²) >= 11 is 0. The fourth-order valence-corrected chi connectivity index (χ4v) is 2.55. The minimum absolute atomic E-state index is 0.576. The van der Waals surface area contributed by atoms with Gasteiger partial charge in [-0.15, -0.1) is 0 Å². The van der Waals surface area contributed by atoms with E-state index in [1.54, 1.807) is 0 Å². The average Bonchev–Trinajstić information content (AvgIpc) is 2.38. The summed E-state index contributed by atoms with van der Waals surface area (Å²) in [6.45, 7) is 11.4. The summed E-state index contributed by atoms with van der Waals surface area (Å²) in [5.41, 5.74) is 6.29. The quantitative estimate of drug-likeness (QED) is 0.729. The molecule has 0 aromatic heterocycles. The maximum atomic E-state index is 6.01. The van der Waals surface area contributed by atoms with Gasteiger partial charge >= 0.3 is 0 Å². The van der Waals surface area contributed by atoms with Crippen LogP contribution >= 0.6 is 0 Å². The van der Waals surface area contributed by atoms with Crippen molar-refractivity contribution < 1.29 is 4.74 Å². The van der Waals surface area contributed by atoms with E-state index in [-0.39, 0.29) is 0 Å². The van der Waals surface area contributed by atoms with Gasteiger partial charge in [-0.25, -0.2) is 0 Å². The largest absolute Gasteiger partial charge is 0.488 e. The summed E-state index contributed by atoms with van der Waals surface area (Å²) < 4.78 is 6.01. The molecule has 106 valence electrons. The summed E-state index contributed by atoms with van der Waals surface area (Å²) in [6.07, 6.45) is 0. The first-order valence-electron chi connectivity index (χ1n) is 7.27. The van der Waals surface area contributed by atoms with Crippen molar-refractivity contribution in [3.05, 3.63) is 64.2 Å². The molecule has 0 spiro atoms. The smallest absolute Gasteiger partial charge is 0.125 e. The Morgan fingerprint density at radius 1 is 0.900 bits per heavy atom. The zero-order valence-corrected chi connectivity index (χ0v) is 13.2. The second-order valence-electron chi connectivity index (χ2n) is 5.91. The van der Waals surface area contributed by atoms with Crippen molar-refractivity contribution in [3.8, 4) is 5.75 Å². The van der Waals surface area contributed by atoms with E-state index in [4.69, 9.17) is 4.74 Å². The Hall–Kier alpha value is -1.76. The first kappa shape index (κ1) is 14.6. The molecule has 0 N–H and O–H groups in total. The molecule has 0 aliphatic carbocycles. The minimum atomic E-state index is 0.576. The fraction of sp³-hybridized carbons (Fsp3) is 0.368. The molecule has 20 heavy (non-hydrogen) atoms. The van der Waals surface area contributed by atoms with Crippen LogP contribution in [0.25, 0.3) is 0 Å². The molecule has 0 atom stereocenters. The molecular formula is C19H24O. The van der Waals surface area contributed by atoms with E-state index in [0.29, 0.717) is 12.5 Å². The van der Waals surface area contributed by atoms with Gasteiger partial charge in [0.15, 0.2) is 0 Å². The number of aryl methyl sites for hydroxylation is 3. The monoisotopic (exact) mass is 268 g/mol. The molecule has 0 fully saturated rings. The number of hydrogen-bond donors (Lipinski definition) is 0. The lowest BCUT2D eigenvalue weighted by molar-refractivity contribution is 0.302. The van der Waals surface area contributed by atoms with Crippen LogP contribution < -0.4 is 4.74 Å². The Morgan fingerprint density at radius 3 is 1.95 bits per heavy atom. The van der Waals surface area contributed by atoms with Crippen molar-refractivity contribution in [3.63, 3.8) is 0 Å². The third-order valence-corrected chi connectivity index (χ3v) is 3.63. The van der Waals surface area contributed by atoms with Crippen LogP contribution in [0.5, 0.6) is 5.75 Å². The zero-order valence-electron chi connectivity index (χ0n) is 13.2. The molecule has 2 aromatic rings. The van der Waals surface area contributed by atoms with Crippen LogP contribution in [0, 0.1) is 20.8 Å². The SMILES string of the molecule is Cc1cc(C)c(OCc2ccc(C(C)C)cc2)c(C)c1. The van der Waals surface area contributed by atoms with Crippen molar-refractivity contribution >= 4 is 0 Å². The molecule has 0 saturated carbocycles. The highest BCUT2D eigenvalue weighted by Crippen LogP contribution is 2.25. The summed E-state index contributed by atoms with van der Waals surface area (Å²) in [7, 11) is 0. The van der Waals surface area contributed by atoms with Crippen molar-refractivity contribution in [1.29, 1.82) is 0 Å². The van der Waals surface area contributed by atoms with Gasteiger partial charge in [-0.1, -0.05) is 55.8 Å². The normalized spacial score (nSPS) is 10.9. The van der Waals surface area contributed by atoms with Crippen molar-refractivity contribution in [1.82, 2.24) is 0 Å². The van der Waals surface area contributed by atoms with E-state index in [2.05, 4.69) is 71.0 Å². The van der Waals surface area contributed by atoms with Crippen LogP contribution in [0.2, 0.25) is 0 Å². The first-order valence-corrected chi connectivity index (χ1v) is 7.27. The van der Waals surface area contributed by atoms with Crippen LogP contribution in [0.4, 0.5) is 0 Å². The van der Waals surface area contributed by atoms with Crippen LogP contribution in [-0.2, 0) is 6.61 Å². The predicted octanol–water partition coefficient (Wildman–Crippen LogP) is 5.31. The second kappa shape index (κ2) is 6.13. The molecule has 0 unspecified atom stereocenters. The molecule has 0 heterocycles. The average molecular weight is 268 g/mol. The molecule has 0 saturated heterocycles. The van der Waals surface area contributed by atoms with E-state index in [1.165, 1.54) is 27.8 Å². The molecule has 1 heteroatoms. The lowest BCUT2D eigenvalue weighted by Crippen LogP contribution is -2.00. The molecule has 0 aliphatic heterocycles. The molecule has 1 nitrogen and oxygen atoms in total. The van der Waals surface area contributed by atoms with E-state index < -0.39 is 0 Å². The fourth-order valence-electron chi connectivity index (χ4n) is 2.55. The Kier molecular flexibility index (Phi) is 4.49. The number of benzene rings is 2. The molecule has 2 rings (SSSR count). The van der Waals surface area contributed by atoms with Crippen molar-refractivity contribution in [2.45, 2.75) is 47.1 Å². The third-order valence-electron chi connectivity index (χ3n) is 3.63. The zero-order chi connectivity index (χ0) is 14.7. The van der Waals surface area contributed by atoms with Gasteiger partial charge in [0.1, 0.15) is 12.4 Å². The Balaban J connectivity index is 2.09. The maximum absolute atomic E-state index is 6.01. The van der Waals surface area contributed by atoms with Crippen molar-refractivity contribution in [2.75, 3.05) is 0 Å². The van der Waals surface area contributed by atoms with Gasteiger partial charge in [0.2, 0.25) is 0 Å². The van der Waals surface area contributed by atoms with Gasteiger partial charge in [-0.2, -0.15) is 0 Å². The lowest BCUT2D eigenvalue weighted by Gasteiger charge is -2.13. The van der Waals surface area contributed by atoms with Gasteiger partial charge in [0.25, 0.3) is 0 Å². The molecule has 0 aliphatic rings. The lowest BCUT2D eigenvalue weighted by atomic mass is 10.0. The van der Waals surface area contributed by atoms with Crippen LogP contribution in [-0.4, -0.2) is 0 Å². The summed E-state index contributed by atoms with van der Waals surface area (Å²) in [4.78, 5) is 0. The summed E-state index contributed by atoms with van der Waals surface area (Å²) in [5, 5.41) is 0. The Morgan fingerprint density at radius 2 is 1.45 bits per heavy atom. The van der Waals surface area contributed by atoms with Gasteiger partial charge in [0, 0.05) is 0 Å². The standard InChI is InChI=1S/C19H24O/c1-13(2)18-8-6-17(7-9-18)12-20-19-15(4)10-14(3)11-16(19)5/h6-11,13H,12H2,1-5H3. The third kappa shape index (κ3) is 3.41. The molecular weight excluding hydrogens is 244 g/mol. The summed E-state index contributed by atoms with van der Waals surface area (Å²) in [5.74, 6) is 1.59. The van der Waals surface area contributed by atoms with Crippen LogP contribution in [0.15, 0.2) is 36.4 Å². The van der Waals surface area contributed by atoms with Gasteiger partial charge in [-0.05, 0) is 48.9 Å². The highest BCUT2D eigenvalue weighted by atomic mass is 16.5. The van der Waals surface area contributed by atoms with Gasteiger partial charge < -0.3 is 4.74 Å². The first-order chi connectivity index (χ1) is 9.47. The second-order valence-corrected chi connectivity index (χ2v) is 5.91. The van der Waals surface area contributed by atoms with Crippen LogP contribution in [0.1, 0.15) is 47.6 Å². The van der Waals surface area contributed by atoms with E-state index in [0.717, 1.165) is 5.75 Å². The van der Waals surface area contributed by atoms with Gasteiger partial charge in [0.05, 0.1) is 0 Å². The van der Waals surface area contributed by atoms with E-state index in [1.807, 2.05) is 0 Å². The Bertz CT molecular complexity index is 556. The molecule has 0 bridgehead atoms. The topological polar surface area (TPSA) is 9.23 Å². The van der Waals surface area contributed by atoms with Crippen LogP contribution in [0.3, 0.4) is 0 Å². The maximum Gasteiger partial charge on any atom is 0.125 e. The molecule has 2 aromatic carbocycles. The highest BCUT2D eigenvalue weighted by Gasteiger charge is 2.06. The van der Waals surface area contributed by atoms with E-state index in [9.17, 15) is 0 Å². The Labute approximate surface area is 122 Å². The summed E-state index contributed by atoms with van der Waals surface area (Å²) in [6, 6.07) is 13.0. The number of ether oxygens (including phenoxy) is 1. The number of hydrogen-bond acceptors (Lipinski definition) is 1. The molecule has 0 amide bonds. The molecule has 0 radical (unpaired) electrons. The minimum Gasteiger partial charge on any atom is -0.488 e. The van der Waals surface area contributed by atoms with Crippen molar-refractivity contribution in [2.24, 2.45) is 0 Å². The predicted molar refractivity (Wildman–Crippen MR) is 85.5 cm³/mol. The highest BCUT2D eigenvalue weighted by molar-refractivity contribution is 5.43. The number of rotatable bonds is 4. The van der Waals surface area contributed by atoms with E-state index >= 15 is 0 Å².